The summed E-state index contributed by atoms with van der Waals surface area (Å²) in [6.07, 6.45) is 0. The van der Waals surface area contributed by atoms with Crippen molar-refractivity contribution in [2.24, 2.45) is 0 Å². The van der Waals surface area contributed by atoms with Crippen LogP contribution in [0.5, 0.6) is 0 Å². The van der Waals surface area contributed by atoms with Crippen LogP contribution < -0.4 is 5.73 Å². The summed E-state index contributed by atoms with van der Waals surface area (Å²) in [4.78, 5) is 0.0493. The summed E-state index contributed by atoms with van der Waals surface area (Å²) in [6, 6.07) is 9.32. The minimum absolute atomic E-state index is 0.0493. The van der Waals surface area contributed by atoms with E-state index in [2.05, 4.69) is 0 Å². The predicted octanol–water partition coefficient (Wildman–Crippen LogP) is 3.04. The second-order valence-corrected chi connectivity index (χ2v) is 6.48. The number of nitrogen functional groups attached to an aromatic ring is 1. The number of sulfone groups is 1. The molecule has 0 bridgehead atoms. The molecule has 0 saturated carbocycles. The van der Waals surface area contributed by atoms with E-state index in [1.165, 1.54) is 18.2 Å². The topological polar surface area (TPSA) is 60.2 Å². The molecule has 0 aliphatic heterocycles. The van der Waals surface area contributed by atoms with E-state index in [0.29, 0.717) is 16.3 Å². The van der Waals surface area contributed by atoms with Gasteiger partial charge >= 0.3 is 0 Å². The van der Waals surface area contributed by atoms with Crippen molar-refractivity contribution in [3.05, 3.63) is 58.9 Å². The highest BCUT2D eigenvalue weighted by Crippen LogP contribution is 2.23. The van der Waals surface area contributed by atoms with Crippen molar-refractivity contribution in [1.29, 1.82) is 0 Å². The molecule has 0 aliphatic carbocycles. The number of nitrogens with two attached hydrogens (primary N) is 1. The van der Waals surface area contributed by atoms with Crippen LogP contribution in [0.4, 0.5) is 10.1 Å². The Morgan fingerprint density at radius 1 is 1.11 bits per heavy atom. The van der Waals surface area contributed by atoms with Gasteiger partial charge in [-0.3, -0.25) is 0 Å². The Hall–Kier alpha value is -1.59. The predicted molar refractivity (Wildman–Crippen MR) is 73.2 cm³/mol. The molecule has 100 valence electrons. The minimum Gasteiger partial charge on any atom is -0.398 e. The van der Waals surface area contributed by atoms with Crippen LogP contribution in [0.1, 0.15) is 5.56 Å². The lowest BCUT2D eigenvalue weighted by atomic mass is 10.2. The van der Waals surface area contributed by atoms with Crippen LogP contribution >= 0.6 is 11.6 Å². The van der Waals surface area contributed by atoms with E-state index < -0.39 is 15.7 Å². The van der Waals surface area contributed by atoms with Gasteiger partial charge in [0, 0.05) is 10.7 Å². The Balaban J connectivity index is 2.36. The largest absolute Gasteiger partial charge is 0.398 e. The molecule has 0 aromatic heterocycles. The number of hydrogen-bond donors (Lipinski definition) is 1. The summed E-state index contributed by atoms with van der Waals surface area (Å²) in [6.45, 7) is 0. The van der Waals surface area contributed by atoms with Crippen LogP contribution in [0.2, 0.25) is 5.02 Å². The summed E-state index contributed by atoms with van der Waals surface area (Å²) in [5.74, 6) is -0.758. The lowest BCUT2D eigenvalue weighted by Gasteiger charge is -2.08. The van der Waals surface area contributed by atoms with Crippen molar-refractivity contribution in [2.75, 3.05) is 5.73 Å². The van der Waals surface area contributed by atoms with Gasteiger partial charge in [-0.1, -0.05) is 11.6 Å². The van der Waals surface area contributed by atoms with Gasteiger partial charge in [0.05, 0.1) is 10.6 Å². The fraction of sp³-hybridized carbons (Fsp3) is 0.0769. The third kappa shape index (κ3) is 3.24. The zero-order chi connectivity index (χ0) is 14.0. The van der Waals surface area contributed by atoms with Crippen LogP contribution in [0, 0.1) is 5.82 Å². The molecule has 0 spiro atoms. The first-order valence-corrected chi connectivity index (χ1v) is 7.44. The molecule has 0 heterocycles. The van der Waals surface area contributed by atoms with E-state index in [9.17, 15) is 12.8 Å². The summed E-state index contributed by atoms with van der Waals surface area (Å²) >= 11 is 5.81. The highest BCUT2D eigenvalue weighted by atomic mass is 35.5. The maximum atomic E-state index is 12.8. The van der Waals surface area contributed by atoms with E-state index in [1.807, 2.05) is 0 Å². The first kappa shape index (κ1) is 13.8. The normalized spacial score (nSPS) is 11.5. The highest BCUT2D eigenvalue weighted by molar-refractivity contribution is 7.90. The summed E-state index contributed by atoms with van der Waals surface area (Å²) < 4.78 is 37.1. The SMILES string of the molecule is Nc1ccc(Cl)cc1CS(=O)(=O)c1ccc(F)cc1. The molecule has 0 aliphatic rings. The Kier molecular flexibility index (Phi) is 3.78. The van der Waals surface area contributed by atoms with Crippen molar-refractivity contribution in [1.82, 2.24) is 0 Å². The average molecular weight is 300 g/mol. The molecule has 19 heavy (non-hydrogen) atoms. The average Bonchev–Trinajstić information content (AvgIpc) is 2.34. The van der Waals surface area contributed by atoms with Gasteiger partial charge in [-0.05, 0) is 48.0 Å². The zero-order valence-corrected chi connectivity index (χ0v) is 11.4. The second kappa shape index (κ2) is 5.19. The Bertz CT molecular complexity index is 699. The third-order valence-electron chi connectivity index (χ3n) is 2.62. The molecule has 0 radical (unpaired) electrons. The third-order valence-corrected chi connectivity index (χ3v) is 4.54. The standard InChI is InChI=1S/C13H11ClFNO2S/c14-10-1-6-13(16)9(7-10)8-19(17,18)12-4-2-11(15)3-5-12/h1-7H,8,16H2. The maximum absolute atomic E-state index is 12.8. The quantitative estimate of drug-likeness (QED) is 0.700. The molecule has 2 aromatic carbocycles. The number of anilines is 1. The van der Waals surface area contributed by atoms with Crippen LogP contribution in [0.25, 0.3) is 0 Å². The molecule has 2 N–H and O–H groups in total. The molecule has 0 atom stereocenters. The van der Waals surface area contributed by atoms with Gasteiger partial charge < -0.3 is 5.73 Å². The summed E-state index contributed by atoms with van der Waals surface area (Å²) in [5.41, 5.74) is 6.50. The van der Waals surface area contributed by atoms with Crippen LogP contribution in [-0.2, 0) is 15.6 Å². The first-order valence-electron chi connectivity index (χ1n) is 5.41. The Labute approximate surface area is 115 Å². The van der Waals surface area contributed by atoms with Crippen molar-refractivity contribution in [3.63, 3.8) is 0 Å². The van der Waals surface area contributed by atoms with Crippen LogP contribution in [0.3, 0.4) is 0 Å². The van der Waals surface area contributed by atoms with Crippen molar-refractivity contribution < 1.29 is 12.8 Å². The fourth-order valence-electron chi connectivity index (χ4n) is 1.63. The molecular weight excluding hydrogens is 289 g/mol. The van der Waals surface area contributed by atoms with Crippen molar-refractivity contribution >= 4 is 27.1 Å². The molecule has 0 saturated heterocycles. The number of benzene rings is 2. The Morgan fingerprint density at radius 2 is 1.74 bits per heavy atom. The van der Waals surface area contributed by atoms with E-state index in [1.54, 1.807) is 12.1 Å². The van der Waals surface area contributed by atoms with Gasteiger partial charge in [0.1, 0.15) is 5.82 Å². The molecule has 2 aromatic rings. The van der Waals surface area contributed by atoms with E-state index >= 15 is 0 Å². The van der Waals surface area contributed by atoms with E-state index in [-0.39, 0.29) is 10.6 Å². The smallest absolute Gasteiger partial charge is 0.182 e. The molecular formula is C13H11ClFNO2S. The first-order chi connectivity index (χ1) is 8.88. The fourth-order valence-corrected chi connectivity index (χ4v) is 3.20. The molecule has 3 nitrogen and oxygen atoms in total. The van der Waals surface area contributed by atoms with Gasteiger partial charge in [-0.2, -0.15) is 0 Å². The molecule has 6 heteroatoms. The monoisotopic (exact) mass is 299 g/mol. The van der Waals surface area contributed by atoms with Crippen molar-refractivity contribution in [2.45, 2.75) is 10.6 Å². The van der Waals surface area contributed by atoms with E-state index in [0.717, 1.165) is 12.1 Å². The van der Waals surface area contributed by atoms with Crippen LogP contribution in [0.15, 0.2) is 47.4 Å². The lowest BCUT2D eigenvalue weighted by molar-refractivity contribution is 0.594. The number of hydrogen-bond acceptors (Lipinski definition) is 3. The zero-order valence-electron chi connectivity index (χ0n) is 9.81. The van der Waals surface area contributed by atoms with Crippen LogP contribution in [-0.4, -0.2) is 8.42 Å². The molecule has 0 fully saturated rings. The Morgan fingerprint density at radius 3 is 2.37 bits per heavy atom. The highest BCUT2D eigenvalue weighted by Gasteiger charge is 2.17. The van der Waals surface area contributed by atoms with E-state index in [4.69, 9.17) is 17.3 Å². The number of halogens is 2. The summed E-state index contributed by atoms with van der Waals surface area (Å²) in [5, 5.41) is 0.415. The van der Waals surface area contributed by atoms with Gasteiger partial charge in [0.15, 0.2) is 9.84 Å². The minimum atomic E-state index is -3.57. The summed E-state index contributed by atoms with van der Waals surface area (Å²) in [7, 11) is -3.57. The number of rotatable bonds is 3. The molecule has 0 amide bonds. The second-order valence-electron chi connectivity index (χ2n) is 4.06. The van der Waals surface area contributed by atoms with Gasteiger partial charge in [0.25, 0.3) is 0 Å². The maximum Gasteiger partial charge on any atom is 0.182 e. The lowest BCUT2D eigenvalue weighted by Crippen LogP contribution is -2.07. The van der Waals surface area contributed by atoms with Crippen molar-refractivity contribution in [3.8, 4) is 0 Å². The molecule has 0 unspecified atom stereocenters. The molecule has 2 rings (SSSR count). The van der Waals surface area contributed by atoms with Gasteiger partial charge in [-0.25, -0.2) is 12.8 Å². The van der Waals surface area contributed by atoms with Gasteiger partial charge in [0.2, 0.25) is 0 Å². The van der Waals surface area contributed by atoms with Gasteiger partial charge in [-0.15, -0.1) is 0 Å².